The van der Waals surface area contributed by atoms with Gasteiger partial charge in [-0.05, 0) is 17.0 Å². The van der Waals surface area contributed by atoms with Gasteiger partial charge in [-0.25, -0.2) is 0 Å². The Morgan fingerprint density at radius 2 is 2.00 bits per heavy atom. The van der Waals surface area contributed by atoms with Gasteiger partial charge < -0.3 is 15.4 Å². The monoisotopic (exact) mass is 276 g/mol. The lowest BCUT2D eigenvalue weighted by atomic mass is 9.99. The molecule has 1 aliphatic rings. The van der Waals surface area contributed by atoms with Gasteiger partial charge in [-0.3, -0.25) is 4.79 Å². The molecule has 2 N–H and O–H groups in total. The van der Waals surface area contributed by atoms with Crippen molar-refractivity contribution in [1.82, 2.24) is 4.90 Å². The Hall–Kier alpha value is -1.39. The lowest BCUT2D eigenvalue weighted by Crippen LogP contribution is -2.35. The van der Waals surface area contributed by atoms with Gasteiger partial charge in [0.15, 0.2) is 0 Å². The van der Waals surface area contributed by atoms with Gasteiger partial charge in [0.05, 0.1) is 12.6 Å². The summed E-state index contributed by atoms with van der Waals surface area (Å²) in [6, 6.07) is 8.09. The van der Waals surface area contributed by atoms with E-state index in [0.29, 0.717) is 18.9 Å². The van der Waals surface area contributed by atoms with Crippen molar-refractivity contribution in [3.63, 3.8) is 0 Å². The highest BCUT2D eigenvalue weighted by Crippen LogP contribution is 2.32. The Bertz CT molecular complexity index is 456. The Kier molecular flexibility index (Phi) is 4.78. The Balaban J connectivity index is 2.21. The molecule has 0 aromatic heterocycles. The summed E-state index contributed by atoms with van der Waals surface area (Å²) in [7, 11) is 1.68. The van der Waals surface area contributed by atoms with Crippen LogP contribution in [-0.4, -0.2) is 30.5 Å². The second-order valence-electron chi connectivity index (χ2n) is 5.93. The van der Waals surface area contributed by atoms with Gasteiger partial charge in [-0.2, -0.15) is 0 Å². The fraction of sp³-hybridized carbons (Fsp3) is 0.562. The zero-order chi connectivity index (χ0) is 14.7. The molecule has 20 heavy (non-hydrogen) atoms. The molecule has 1 fully saturated rings. The predicted octanol–water partition coefficient (Wildman–Crippen LogP) is 2.09. The van der Waals surface area contributed by atoms with Gasteiger partial charge in [0.2, 0.25) is 5.91 Å². The number of carbonyl (C=O) groups excluding carboxylic acids is 1. The van der Waals surface area contributed by atoms with E-state index in [1.807, 2.05) is 17.0 Å². The molecule has 1 aliphatic heterocycles. The van der Waals surface area contributed by atoms with Crippen molar-refractivity contribution in [3.05, 3.63) is 35.4 Å². The Morgan fingerprint density at radius 3 is 2.55 bits per heavy atom. The molecular formula is C16H24N2O2. The first kappa shape index (κ1) is 15.0. The van der Waals surface area contributed by atoms with Crippen molar-refractivity contribution >= 4 is 5.91 Å². The molecule has 110 valence electrons. The highest BCUT2D eigenvalue weighted by molar-refractivity contribution is 5.80. The lowest BCUT2D eigenvalue weighted by Gasteiger charge is -2.29. The molecule has 1 heterocycles. The summed E-state index contributed by atoms with van der Waals surface area (Å²) in [4.78, 5) is 14.0. The van der Waals surface area contributed by atoms with Crippen LogP contribution in [0.1, 0.15) is 37.4 Å². The molecule has 4 heteroatoms. The van der Waals surface area contributed by atoms with Gasteiger partial charge in [0, 0.05) is 26.1 Å². The Labute approximate surface area is 120 Å². The van der Waals surface area contributed by atoms with Gasteiger partial charge in [0.25, 0.3) is 0 Å². The number of carbonyl (C=O) groups is 1. The third kappa shape index (κ3) is 3.19. The van der Waals surface area contributed by atoms with Crippen LogP contribution in [0, 0.1) is 5.92 Å². The minimum atomic E-state index is -0.116. The number of ether oxygens (including phenoxy) is 1. The largest absolute Gasteiger partial charge is 0.380 e. The van der Waals surface area contributed by atoms with E-state index >= 15 is 0 Å². The smallest absolute Gasteiger partial charge is 0.224 e. The molecule has 0 bridgehead atoms. The first-order valence-corrected chi connectivity index (χ1v) is 7.15. The van der Waals surface area contributed by atoms with Crippen LogP contribution in [0.4, 0.5) is 0 Å². The van der Waals surface area contributed by atoms with Crippen molar-refractivity contribution in [1.29, 1.82) is 0 Å². The average Bonchev–Trinajstić information content (AvgIpc) is 2.65. The minimum Gasteiger partial charge on any atom is -0.380 e. The fourth-order valence-electron chi connectivity index (χ4n) is 2.83. The molecule has 0 aliphatic carbocycles. The summed E-state index contributed by atoms with van der Waals surface area (Å²) in [6.45, 7) is 5.61. The van der Waals surface area contributed by atoms with Gasteiger partial charge in [0.1, 0.15) is 0 Å². The number of benzene rings is 1. The molecular weight excluding hydrogens is 252 g/mol. The van der Waals surface area contributed by atoms with Crippen LogP contribution in [0.5, 0.6) is 0 Å². The van der Waals surface area contributed by atoms with E-state index < -0.39 is 0 Å². The van der Waals surface area contributed by atoms with Crippen molar-refractivity contribution < 1.29 is 9.53 Å². The maximum Gasteiger partial charge on any atom is 0.224 e. The fourth-order valence-corrected chi connectivity index (χ4v) is 2.83. The molecule has 0 saturated carbocycles. The molecule has 1 amide bonds. The van der Waals surface area contributed by atoms with E-state index in [1.165, 1.54) is 0 Å². The number of nitrogens with two attached hydrogens (primary N) is 1. The van der Waals surface area contributed by atoms with Crippen molar-refractivity contribution in [2.75, 3.05) is 13.7 Å². The van der Waals surface area contributed by atoms with Crippen molar-refractivity contribution in [2.24, 2.45) is 11.7 Å². The van der Waals surface area contributed by atoms with E-state index in [-0.39, 0.29) is 18.0 Å². The summed E-state index contributed by atoms with van der Waals surface area (Å²) in [5.74, 6) is 0.608. The zero-order valence-corrected chi connectivity index (χ0v) is 12.5. The third-order valence-electron chi connectivity index (χ3n) is 3.67. The van der Waals surface area contributed by atoms with Crippen molar-refractivity contribution in [3.8, 4) is 0 Å². The number of hydrogen-bond acceptors (Lipinski definition) is 3. The first-order chi connectivity index (χ1) is 9.52. The predicted molar refractivity (Wildman–Crippen MR) is 79.0 cm³/mol. The van der Waals surface area contributed by atoms with E-state index in [4.69, 9.17) is 10.5 Å². The number of nitrogens with zero attached hydrogens (tertiary/aromatic N) is 1. The maximum absolute atomic E-state index is 12.1. The number of methoxy groups -OCH3 is 1. The minimum absolute atomic E-state index is 0.00138. The van der Waals surface area contributed by atoms with Gasteiger partial charge in [-0.15, -0.1) is 0 Å². The molecule has 2 atom stereocenters. The SMILES string of the molecule is COCc1ccc(C2C(N)CC(=O)N2CC(C)C)cc1. The maximum atomic E-state index is 12.1. The second kappa shape index (κ2) is 6.37. The third-order valence-corrected chi connectivity index (χ3v) is 3.67. The van der Waals surface area contributed by atoms with Crippen LogP contribution < -0.4 is 5.73 Å². The van der Waals surface area contributed by atoms with Crippen LogP contribution in [0.15, 0.2) is 24.3 Å². The van der Waals surface area contributed by atoms with Crippen LogP contribution in [0.3, 0.4) is 0 Å². The normalized spacial score (nSPS) is 22.9. The summed E-state index contributed by atoms with van der Waals surface area (Å²) in [5, 5.41) is 0. The highest BCUT2D eigenvalue weighted by Gasteiger charge is 2.38. The number of amides is 1. The number of rotatable bonds is 5. The van der Waals surface area contributed by atoms with E-state index in [1.54, 1.807) is 7.11 Å². The Morgan fingerprint density at radius 1 is 1.35 bits per heavy atom. The number of likely N-dealkylation sites (tertiary alicyclic amines) is 1. The van der Waals surface area contributed by atoms with E-state index in [2.05, 4.69) is 26.0 Å². The van der Waals surface area contributed by atoms with Gasteiger partial charge in [-0.1, -0.05) is 38.1 Å². The molecule has 1 aromatic carbocycles. The van der Waals surface area contributed by atoms with E-state index in [0.717, 1.165) is 17.7 Å². The molecule has 0 spiro atoms. The molecule has 1 saturated heterocycles. The topological polar surface area (TPSA) is 55.6 Å². The van der Waals surface area contributed by atoms with Crippen LogP contribution in [-0.2, 0) is 16.1 Å². The molecule has 2 rings (SSSR count). The first-order valence-electron chi connectivity index (χ1n) is 7.15. The lowest BCUT2D eigenvalue weighted by molar-refractivity contribution is -0.129. The summed E-state index contributed by atoms with van der Waals surface area (Å²) in [5.41, 5.74) is 8.42. The van der Waals surface area contributed by atoms with Crippen LogP contribution >= 0.6 is 0 Å². The molecule has 2 unspecified atom stereocenters. The zero-order valence-electron chi connectivity index (χ0n) is 12.5. The van der Waals surface area contributed by atoms with E-state index in [9.17, 15) is 4.79 Å². The summed E-state index contributed by atoms with van der Waals surface area (Å²) >= 11 is 0. The van der Waals surface area contributed by atoms with Crippen LogP contribution in [0.25, 0.3) is 0 Å². The van der Waals surface area contributed by atoms with Crippen LogP contribution in [0.2, 0.25) is 0 Å². The molecule has 4 nitrogen and oxygen atoms in total. The number of hydrogen-bond donors (Lipinski definition) is 1. The summed E-state index contributed by atoms with van der Waals surface area (Å²) < 4.78 is 5.12. The summed E-state index contributed by atoms with van der Waals surface area (Å²) in [6.07, 6.45) is 0.442. The standard InChI is InChI=1S/C16H24N2O2/c1-11(2)9-18-15(19)8-14(17)16(18)13-6-4-12(5-7-13)10-20-3/h4-7,11,14,16H,8-10,17H2,1-3H3. The highest BCUT2D eigenvalue weighted by atomic mass is 16.5. The quantitative estimate of drug-likeness (QED) is 0.896. The van der Waals surface area contributed by atoms with Crippen molar-refractivity contribution in [2.45, 2.75) is 39.0 Å². The average molecular weight is 276 g/mol. The van der Waals surface area contributed by atoms with Gasteiger partial charge >= 0.3 is 0 Å². The second-order valence-corrected chi connectivity index (χ2v) is 5.93. The molecule has 0 radical (unpaired) electrons. The molecule has 1 aromatic rings.